The predicted octanol–water partition coefficient (Wildman–Crippen LogP) is 5.61. The summed E-state index contributed by atoms with van der Waals surface area (Å²) in [5.74, 6) is 0.290. The lowest BCUT2D eigenvalue weighted by atomic mass is 9.87. The van der Waals surface area contributed by atoms with Crippen LogP contribution in [0.2, 0.25) is 10.0 Å². The highest BCUT2D eigenvalue weighted by molar-refractivity contribution is 7.89. The van der Waals surface area contributed by atoms with Crippen molar-refractivity contribution in [1.29, 1.82) is 0 Å². The zero-order valence-corrected chi connectivity index (χ0v) is 20.2. The van der Waals surface area contributed by atoms with E-state index in [1.165, 1.54) is 18.2 Å². The topological polar surface area (TPSA) is 102 Å². The monoisotopic (exact) mass is 521 g/mol. The first-order chi connectivity index (χ1) is 16.2. The number of rotatable bonds is 8. The Labute approximate surface area is 207 Å². The molecular formula is C24H21Cl2NO6S. The normalized spacial score (nSPS) is 15.4. The second-order valence-electron chi connectivity index (χ2n) is 7.72. The minimum Gasteiger partial charge on any atom is -0.482 e. The van der Waals surface area contributed by atoms with Crippen LogP contribution < -0.4 is 14.2 Å². The van der Waals surface area contributed by atoms with Crippen LogP contribution in [-0.4, -0.2) is 26.1 Å². The Hall–Kier alpha value is -2.78. The van der Waals surface area contributed by atoms with Gasteiger partial charge in [0.2, 0.25) is 10.0 Å². The lowest BCUT2D eigenvalue weighted by Gasteiger charge is -2.27. The third kappa shape index (κ3) is 5.64. The number of halogens is 2. The van der Waals surface area contributed by atoms with Crippen molar-refractivity contribution < 1.29 is 27.8 Å². The van der Waals surface area contributed by atoms with E-state index in [-0.39, 0.29) is 9.92 Å². The van der Waals surface area contributed by atoms with Crippen LogP contribution >= 0.6 is 23.2 Å². The molecule has 0 radical (unpaired) electrons. The van der Waals surface area contributed by atoms with Gasteiger partial charge in [-0.15, -0.1) is 0 Å². The van der Waals surface area contributed by atoms with Gasteiger partial charge in [-0.2, -0.15) is 0 Å². The largest absolute Gasteiger partial charge is 0.482 e. The van der Waals surface area contributed by atoms with Crippen molar-refractivity contribution in [3.8, 4) is 17.2 Å². The Morgan fingerprint density at radius 2 is 1.79 bits per heavy atom. The summed E-state index contributed by atoms with van der Waals surface area (Å²) < 4.78 is 40.2. The number of hydrogen-bond acceptors (Lipinski definition) is 5. The number of aliphatic carboxylic acids is 1. The van der Waals surface area contributed by atoms with Gasteiger partial charge in [0.1, 0.15) is 22.1 Å². The van der Waals surface area contributed by atoms with E-state index in [0.29, 0.717) is 35.1 Å². The number of carboxylic acids is 1. The molecule has 0 aliphatic heterocycles. The molecule has 0 bridgehead atoms. The Balaban J connectivity index is 1.54. The van der Waals surface area contributed by atoms with Crippen LogP contribution in [0, 0.1) is 0 Å². The van der Waals surface area contributed by atoms with Gasteiger partial charge in [-0.25, -0.2) is 17.9 Å². The molecule has 0 saturated heterocycles. The SMILES string of the molecule is O=C(O)COc1cccc2c1CCC[C@H]2NS(=O)(=O)c1ccc(Oc2ccc(Cl)cc2)cc1Cl. The average Bonchev–Trinajstić information content (AvgIpc) is 2.79. The smallest absolute Gasteiger partial charge is 0.341 e. The third-order valence-electron chi connectivity index (χ3n) is 5.36. The van der Waals surface area contributed by atoms with Gasteiger partial charge >= 0.3 is 5.97 Å². The molecule has 34 heavy (non-hydrogen) atoms. The van der Waals surface area contributed by atoms with E-state index in [0.717, 1.165) is 17.5 Å². The Morgan fingerprint density at radius 3 is 2.50 bits per heavy atom. The molecule has 0 spiro atoms. The van der Waals surface area contributed by atoms with E-state index in [2.05, 4.69) is 4.72 Å². The molecule has 0 fully saturated rings. The second kappa shape index (κ2) is 10.2. The van der Waals surface area contributed by atoms with Gasteiger partial charge in [0, 0.05) is 17.1 Å². The van der Waals surface area contributed by atoms with Crippen LogP contribution in [0.15, 0.2) is 65.6 Å². The molecular weight excluding hydrogens is 501 g/mol. The summed E-state index contributed by atoms with van der Waals surface area (Å²) in [6.07, 6.45) is 1.97. The third-order valence-corrected chi connectivity index (χ3v) is 7.56. The molecule has 3 aromatic carbocycles. The summed E-state index contributed by atoms with van der Waals surface area (Å²) in [5.41, 5.74) is 1.57. The maximum absolute atomic E-state index is 13.2. The van der Waals surface area contributed by atoms with E-state index in [4.69, 9.17) is 37.8 Å². The zero-order chi connectivity index (χ0) is 24.3. The molecule has 0 heterocycles. The molecule has 7 nitrogen and oxygen atoms in total. The molecule has 1 aliphatic rings. The van der Waals surface area contributed by atoms with Crippen molar-refractivity contribution in [3.05, 3.63) is 81.8 Å². The van der Waals surface area contributed by atoms with Crippen molar-refractivity contribution in [2.75, 3.05) is 6.61 Å². The molecule has 0 amide bonds. The predicted molar refractivity (Wildman–Crippen MR) is 129 cm³/mol. The van der Waals surface area contributed by atoms with Gasteiger partial charge in [-0.1, -0.05) is 35.3 Å². The highest BCUT2D eigenvalue weighted by Gasteiger charge is 2.29. The Morgan fingerprint density at radius 1 is 1.06 bits per heavy atom. The number of sulfonamides is 1. The number of carbonyl (C=O) groups is 1. The minimum absolute atomic E-state index is 0.0218. The lowest BCUT2D eigenvalue weighted by molar-refractivity contribution is -0.139. The Kier molecular flexibility index (Phi) is 7.33. The molecule has 2 N–H and O–H groups in total. The number of ether oxygens (including phenoxy) is 2. The van der Waals surface area contributed by atoms with Crippen molar-refractivity contribution in [2.45, 2.75) is 30.2 Å². The van der Waals surface area contributed by atoms with Gasteiger partial charge in [-0.05, 0) is 72.9 Å². The molecule has 10 heteroatoms. The quantitative estimate of drug-likeness (QED) is 0.399. The summed E-state index contributed by atoms with van der Waals surface area (Å²) in [6.45, 7) is -0.465. The van der Waals surface area contributed by atoms with E-state index in [9.17, 15) is 13.2 Å². The van der Waals surface area contributed by atoms with Gasteiger partial charge in [0.15, 0.2) is 6.61 Å². The van der Waals surface area contributed by atoms with Crippen molar-refractivity contribution in [3.63, 3.8) is 0 Å². The van der Waals surface area contributed by atoms with Gasteiger partial charge < -0.3 is 14.6 Å². The fourth-order valence-electron chi connectivity index (χ4n) is 3.86. The lowest BCUT2D eigenvalue weighted by Crippen LogP contribution is -2.31. The van der Waals surface area contributed by atoms with Crippen LogP contribution in [0.25, 0.3) is 0 Å². The number of carboxylic acid groups (broad SMARTS) is 1. The van der Waals surface area contributed by atoms with Crippen molar-refractivity contribution in [1.82, 2.24) is 4.72 Å². The van der Waals surface area contributed by atoms with Gasteiger partial charge in [0.05, 0.1) is 5.02 Å². The van der Waals surface area contributed by atoms with Crippen LogP contribution in [0.1, 0.15) is 30.0 Å². The molecule has 0 unspecified atom stereocenters. The second-order valence-corrected chi connectivity index (χ2v) is 10.2. The number of benzene rings is 3. The highest BCUT2D eigenvalue weighted by Crippen LogP contribution is 2.37. The molecule has 0 aromatic heterocycles. The summed E-state index contributed by atoms with van der Waals surface area (Å²) in [7, 11) is -3.96. The first kappa shape index (κ1) is 24.3. The molecule has 4 rings (SSSR count). The van der Waals surface area contributed by atoms with E-state index in [1.54, 1.807) is 36.4 Å². The standard InChI is InChI=1S/C24H21Cl2NO6S/c25-15-7-9-16(10-8-15)33-17-11-12-23(20(26)13-17)34(30,31)27-21-5-1-4-19-18(21)3-2-6-22(19)32-14-24(28)29/h2-3,6-13,21,27H,1,4-5,14H2,(H,28,29)/t21-/m1/s1. The van der Waals surface area contributed by atoms with Crippen LogP contribution in [0.5, 0.6) is 17.2 Å². The first-order valence-corrected chi connectivity index (χ1v) is 12.7. The molecule has 0 saturated carbocycles. The fraction of sp³-hybridized carbons (Fsp3) is 0.208. The van der Waals surface area contributed by atoms with Gasteiger partial charge in [0.25, 0.3) is 0 Å². The number of hydrogen-bond donors (Lipinski definition) is 2. The number of nitrogens with one attached hydrogen (secondary N) is 1. The molecule has 178 valence electrons. The molecule has 1 atom stereocenters. The summed E-state index contributed by atoms with van der Waals surface area (Å²) in [4.78, 5) is 10.8. The van der Waals surface area contributed by atoms with Crippen LogP contribution in [-0.2, 0) is 21.2 Å². The zero-order valence-electron chi connectivity index (χ0n) is 17.8. The maximum Gasteiger partial charge on any atom is 0.341 e. The Bertz CT molecular complexity index is 1310. The minimum atomic E-state index is -3.96. The van der Waals surface area contributed by atoms with E-state index in [1.807, 2.05) is 6.07 Å². The first-order valence-electron chi connectivity index (χ1n) is 10.4. The van der Waals surface area contributed by atoms with Crippen molar-refractivity contribution >= 4 is 39.2 Å². The maximum atomic E-state index is 13.2. The van der Waals surface area contributed by atoms with Crippen molar-refractivity contribution in [2.24, 2.45) is 0 Å². The summed E-state index contributed by atoms with van der Waals surface area (Å²) in [6, 6.07) is 15.8. The van der Waals surface area contributed by atoms with E-state index < -0.39 is 28.6 Å². The van der Waals surface area contributed by atoms with E-state index >= 15 is 0 Å². The fourth-order valence-corrected chi connectivity index (χ4v) is 5.78. The molecule has 3 aromatic rings. The summed E-state index contributed by atoms with van der Waals surface area (Å²) >= 11 is 12.2. The average molecular weight is 522 g/mol. The van der Waals surface area contributed by atoms with Crippen LogP contribution in [0.3, 0.4) is 0 Å². The summed E-state index contributed by atoms with van der Waals surface area (Å²) in [5, 5.41) is 9.50. The molecule has 1 aliphatic carbocycles. The highest BCUT2D eigenvalue weighted by atomic mass is 35.5. The van der Waals surface area contributed by atoms with Gasteiger partial charge in [-0.3, -0.25) is 0 Å². The number of fused-ring (bicyclic) bond motifs is 1. The van der Waals surface area contributed by atoms with Crippen LogP contribution in [0.4, 0.5) is 0 Å².